The molecule has 1 aromatic rings. The zero-order valence-corrected chi connectivity index (χ0v) is 12.7. The summed E-state index contributed by atoms with van der Waals surface area (Å²) in [6, 6.07) is 4.71. The maximum atomic E-state index is 12.1. The standard InChI is InChI=1S/C16H26N2O2/c1-11(2)17-16(19)13-6-4-7-14(10-13)18-12(3)15-8-5-9-20-15/h5,8-9,11-14,18H,4,6-7,10H2,1-3H3,(H,17,19)/t12-,13+,14-/m0/s1. The van der Waals surface area contributed by atoms with Crippen LogP contribution in [-0.4, -0.2) is 18.0 Å². The zero-order chi connectivity index (χ0) is 14.5. The molecule has 1 heterocycles. The van der Waals surface area contributed by atoms with Crippen LogP contribution in [0.4, 0.5) is 0 Å². The molecule has 2 rings (SSSR count). The van der Waals surface area contributed by atoms with Gasteiger partial charge in [0.25, 0.3) is 0 Å². The Morgan fingerprint density at radius 3 is 2.80 bits per heavy atom. The Balaban J connectivity index is 1.85. The molecule has 0 saturated heterocycles. The lowest BCUT2D eigenvalue weighted by Crippen LogP contribution is -2.42. The lowest BCUT2D eigenvalue weighted by Gasteiger charge is -2.31. The Hall–Kier alpha value is -1.29. The predicted octanol–water partition coefficient (Wildman–Crippen LogP) is 3.01. The maximum absolute atomic E-state index is 12.1. The first kappa shape index (κ1) is 15.1. The zero-order valence-electron chi connectivity index (χ0n) is 12.7. The van der Waals surface area contributed by atoms with Crippen molar-refractivity contribution in [3.63, 3.8) is 0 Å². The van der Waals surface area contributed by atoms with Crippen LogP contribution in [0.25, 0.3) is 0 Å². The van der Waals surface area contributed by atoms with Crippen LogP contribution in [0.5, 0.6) is 0 Å². The molecular weight excluding hydrogens is 252 g/mol. The quantitative estimate of drug-likeness (QED) is 0.870. The highest BCUT2D eigenvalue weighted by molar-refractivity contribution is 5.79. The third kappa shape index (κ3) is 4.10. The molecule has 1 aliphatic rings. The van der Waals surface area contributed by atoms with Crippen LogP contribution in [0.1, 0.15) is 58.3 Å². The van der Waals surface area contributed by atoms with Crippen molar-refractivity contribution in [2.75, 3.05) is 0 Å². The lowest BCUT2D eigenvalue weighted by molar-refractivity contribution is -0.126. The first-order valence-electron chi connectivity index (χ1n) is 7.66. The molecule has 0 bridgehead atoms. The van der Waals surface area contributed by atoms with Gasteiger partial charge in [0.05, 0.1) is 12.3 Å². The fourth-order valence-corrected chi connectivity index (χ4v) is 2.96. The molecule has 1 saturated carbocycles. The van der Waals surface area contributed by atoms with Crippen molar-refractivity contribution < 1.29 is 9.21 Å². The molecule has 1 fully saturated rings. The van der Waals surface area contributed by atoms with Gasteiger partial charge >= 0.3 is 0 Å². The van der Waals surface area contributed by atoms with E-state index in [0.29, 0.717) is 6.04 Å². The van der Waals surface area contributed by atoms with Gasteiger partial charge in [0.15, 0.2) is 0 Å². The van der Waals surface area contributed by atoms with E-state index in [4.69, 9.17) is 4.42 Å². The summed E-state index contributed by atoms with van der Waals surface area (Å²) in [5.74, 6) is 1.31. The molecule has 4 nitrogen and oxygen atoms in total. The molecule has 2 N–H and O–H groups in total. The number of rotatable bonds is 5. The summed E-state index contributed by atoms with van der Waals surface area (Å²) in [5, 5.41) is 6.61. The summed E-state index contributed by atoms with van der Waals surface area (Å²) in [5.41, 5.74) is 0. The summed E-state index contributed by atoms with van der Waals surface area (Å²) in [6.45, 7) is 6.13. The molecule has 1 amide bonds. The molecule has 0 aromatic carbocycles. The van der Waals surface area contributed by atoms with E-state index < -0.39 is 0 Å². The summed E-state index contributed by atoms with van der Waals surface area (Å²) < 4.78 is 5.42. The Kier molecular flexibility index (Phi) is 5.24. The van der Waals surface area contributed by atoms with Crippen LogP contribution in [0.15, 0.2) is 22.8 Å². The van der Waals surface area contributed by atoms with Gasteiger partial charge in [-0.25, -0.2) is 0 Å². The van der Waals surface area contributed by atoms with Gasteiger partial charge in [-0.05, 0) is 52.2 Å². The van der Waals surface area contributed by atoms with Crippen LogP contribution in [-0.2, 0) is 4.79 Å². The molecule has 20 heavy (non-hydrogen) atoms. The van der Waals surface area contributed by atoms with E-state index in [1.165, 1.54) is 0 Å². The fourth-order valence-electron chi connectivity index (χ4n) is 2.96. The number of amides is 1. The summed E-state index contributed by atoms with van der Waals surface area (Å²) in [4.78, 5) is 12.1. The number of hydrogen-bond acceptors (Lipinski definition) is 3. The Bertz CT molecular complexity index is 414. The minimum Gasteiger partial charge on any atom is -0.468 e. The minimum absolute atomic E-state index is 0.146. The van der Waals surface area contributed by atoms with Crippen LogP contribution in [0, 0.1) is 5.92 Å². The highest BCUT2D eigenvalue weighted by atomic mass is 16.3. The van der Waals surface area contributed by atoms with Gasteiger partial charge in [-0.2, -0.15) is 0 Å². The highest BCUT2D eigenvalue weighted by Gasteiger charge is 2.28. The molecule has 0 spiro atoms. The van der Waals surface area contributed by atoms with Crippen molar-refractivity contribution in [3.05, 3.63) is 24.2 Å². The Morgan fingerprint density at radius 1 is 1.35 bits per heavy atom. The number of furan rings is 1. The highest BCUT2D eigenvalue weighted by Crippen LogP contribution is 2.26. The number of hydrogen-bond donors (Lipinski definition) is 2. The first-order chi connectivity index (χ1) is 9.56. The molecule has 0 radical (unpaired) electrons. The maximum Gasteiger partial charge on any atom is 0.223 e. The first-order valence-corrected chi connectivity index (χ1v) is 7.66. The van der Waals surface area contributed by atoms with Crippen LogP contribution < -0.4 is 10.6 Å². The third-order valence-corrected chi connectivity index (χ3v) is 3.93. The molecule has 112 valence electrons. The summed E-state index contributed by atoms with van der Waals surface area (Å²) >= 11 is 0. The van der Waals surface area contributed by atoms with Crippen molar-refractivity contribution in [3.8, 4) is 0 Å². The van der Waals surface area contributed by atoms with E-state index in [0.717, 1.165) is 31.4 Å². The fraction of sp³-hybridized carbons (Fsp3) is 0.688. The van der Waals surface area contributed by atoms with Gasteiger partial charge in [0, 0.05) is 18.0 Å². The molecule has 3 atom stereocenters. The predicted molar refractivity (Wildman–Crippen MR) is 79.3 cm³/mol. The topological polar surface area (TPSA) is 54.3 Å². The van der Waals surface area contributed by atoms with Crippen molar-refractivity contribution >= 4 is 5.91 Å². The smallest absolute Gasteiger partial charge is 0.223 e. The summed E-state index contributed by atoms with van der Waals surface area (Å²) in [6.07, 6.45) is 5.87. The van der Waals surface area contributed by atoms with Crippen LogP contribution in [0.2, 0.25) is 0 Å². The average Bonchev–Trinajstić information content (AvgIpc) is 2.92. The SMILES string of the molecule is CC(C)NC(=O)[C@@H]1CCC[C@H](N[C@@H](C)c2ccco2)C1. The second-order valence-corrected chi connectivity index (χ2v) is 6.13. The van der Waals surface area contributed by atoms with Gasteiger partial charge in [-0.15, -0.1) is 0 Å². The minimum atomic E-state index is 0.146. The monoisotopic (exact) mass is 278 g/mol. The van der Waals surface area contributed by atoms with E-state index in [1.807, 2.05) is 26.0 Å². The number of carbonyl (C=O) groups excluding carboxylic acids is 1. The van der Waals surface area contributed by atoms with Gasteiger partial charge in [-0.1, -0.05) is 6.42 Å². The van der Waals surface area contributed by atoms with Crippen LogP contribution in [0.3, 0.4) is 0 Å². The van der Waals surface area contributed by atoms with Crippen LogP contribution >= 0.6 is 0 Å². The van der Waals surface area contributed by atoms with Gasteiger partial charge in [0.2, 0.25) is 5.91 Å². The largest absolute Gasteiger partial charge is 0.468 e. The molecular formula is C16H26N2O2. The summed E-state index contributed by atoms with van der Waals surface area (Å²) in [7, 11) is 0. The lowest BCUT2D eigenvalue weighted by atomic mass is 9.84. The molecule has 0 aliphatic heterocycles. The van der Waals surface area contributed by atoms with E-state index in [-0.39, 0.29) is 23.9 Å². The van der Waals surface area contributed by atoms with Crippen molar-refractivity contribution in [2.24, 2.45) is 5.92 Å². The number of nitrogens with one attached hydrogen (secondary N) is 2. The number of carbonyl (C=O) groups is 1. The normalized spacial score (nSPS) is 24.6. The van der Waals surface area contributed by atoms with E-state index in [9.17, 15) is 4.79 Å². The Morgan fingerprint density at radius 2 is 2.15 bits per heavy atom. The van der Waals surface area contributed by atoms with E-state index in [1.54, 1.807) is 6.26 Å². The third-order valence-electron chi connectivity index (χ3n) is 3.93. The van der Waals surface area contributed by atoms with Gasteiger partial charge in [0.1, 0.15) is 5.76 Å². The van der Waals surface area contributed by atoms with Crippen molar-refractivity contribution in [1.29, 1.82) is 0 Å². The van der Waals surface area contributed by atoms with Crippen molar-refractivity contribution in [1.82, 2.24) is 10.6 Å². The molecule has 1 aromatic heterocycles. The van der Waals surface area contributed by atoms with Gasteiger partial charge in [-0.3, -0.25) is 4.79 Å². The van der Waals surface area contributed by atoms with E-state index in [2.05, 4.69) is 17.6 Å². The van der Waals surface area contributed by atoms with Gasteiger partial charge < -0.3 is 15.1 Å². The van der Waals surface area contributed by atoms with Crippen molar-refractivity contribution in [2.45, 2.75) is 64.6 Å². The second-order valence-electron chi connectivity index (χ2n) is 6.13. The molecule has 4 heteroatoms. The average molecular weight is 278 g/mol. The molecule has 0 unspecified atom stereocenters. The second kappa shape index (κ2) is 6.93. The Labute approximate surface area is 121 Å². The van der Waals surface area contributed by atoms with E-state index >= 15 is 0 Å². The molecule has 1 aliphatic carbocycles.